The second kappa shape index (κ2) is 6.50. The summed E-state index contributed by atoms with van der Waals surface area (Å²) < 4.78 is 2.11. The minimum absolute atomic E-state index is 0.137. The molecule has 0 spiro atoms. The van der Waals surface area contributed by atoms with Gasteiger partial charge in [0, 0.05) is 21.9 Å². The predicted molar refractivity (Wildman–Crippen MR) is 80.0 cm³/mol. The van der Waals surface area contributed by atoms with Crippen LogP contribution in [0.1, 0.15) is 30.6 Å². The number of hydrogen-bond acceptors (Lipinski definition) is 3. The number of carboxylic acid groups (broad SMARTS) is 1. The van der Waals surface area contributed by atoms with Gasteiger partial charge >= 0.3 is 5.97 Å². The summed E-state index contributed by atoms with van der Waals surface area (Å²) in [4.78, 5) is 14.3. The van der Waals surface area contributed by atoms with Crippen LogP contribution in [0.3, 0.4) is 0 Å². The molecule has 0 saturated heterocycles. The lowest BCUT2D eigenvalue weighted by Gasteiger charge is -2.26. The average molecular weight is 397 g/mol. The highest BCUT2D eigenvalue weighted by Crippen LogP contribution is 2.34. The van der Waals surface area contributed by atoms with E-state index in [2.05, 4.69) is 42.8 Å². The van der Waals surface area contributed by atoms with E-state index in [1.165, 1.54) is 17.7 Å². The molecule has 18 heavy (non-hydrogen) atoms. The van der Waals surface area contributed by atoms with Crippen LogP contribution < -0.4 is 0 Å². The van der Waals surface area contributed by atoms with Crippen molar-refractivity contribution in [3.8, 4) is 0 Å². The molecule has 1 aromatic heterocycles. The molecule has 1 N–H and O–H groups in total. The maximum absolute atomic E-state index is 11.0. The van der Waals surface area contributed by atoms with Crippen LogP contribution in [0.4, 0.5) is 0 Å². The van der Waals surface area contributed by atoms with Crippen molar-refractivity contribution in [2.75, 3.05) is 6.54 Å². The largest absolute Gasteiger partial charge is 0.480 e. The second-order valence-electron chi connectivity index (χ2n) is 4.57. The van der Waals surface area contributed by atoms with Crippen LogP contribution in [0.25, 0.3) is 0 Å². The summed E-state index contributed by atoms with van der Waals surface area (Å²) in [6.07, 6.45) is 4.69. The summed E-state index contributed by atoms with van der Waals surface area (Å²) in [6, 6.07) is 2.50. The number of carbonyl (C=O) groups is 1. The van der Waals surface area contributed by atoms with E-state index in [1.54, 1.807) is 11.3 Å². The molecule has 3 nitrogen and oxygen atoms in total. The Bertz CT molecular complexity index is 410. The van der Waals surface area contributed by atoms with Gasteiger partial charge in [-0.2, -0.15) is 0 Å². The normalized spacial score (nSPS) is 16.6. The molecular formula is C12H15Br2NO2S. The minimum atomic E-state index is -0.739. The first-order valence-electron chi connectivity index (χ1n) is 5.96. The molecule has 100 valence electrons. The van der Waals surface area contributed by atoms with Crippen LogP contribution in [0.2, 0.25) is 0 Å². The molecule has 1 aliphatic carbocycles. The third-order valence-electron chi connectivity index (χ3n) is 3.23. The topological polar surface area (TPSA) is 40.5 Å². The van der Waals surface area contributed by atoms with Gasteiger partial charge < -0.3 is 5.11 Å². The van der Waals surface area contributed by atoms with E-state index in [0.29, 0.717) is 6.04 Å². The molecular weight excluding hydrogens is 382 g/mol. The Morgan fingerprint density at radius 3 is 2.61 bits per heavy atom. The molecule has 0 radical (unpaired) electrons. The van der Waals surface area contributed by atoms with E-state index in [-0.39, 0.29) is 6.54 Å². The third-order valence-corrected chi connectivity index (χ3v) is 6.48. The first kappa shape index (κ1) is 14.5. The fourth-order valence-corrected chi connectivity index (χ4v) is 4.63. The number of carboxylic acids is 1. The van der Waals surface area contributed by atoms with Crippen LogP contribution in [-0.4, -0.2) is 28.6 Å². The highest BCUT2D eigenvalue weighted by atomic mass is 79.9. The fraction of sp³-hybridized carbons (Fsp3) is 0.583. The van der Waals surface area contributed by atoms with Crippen molar-refractivity contribution in [2.24, 2.45) is 0 Å². The summed E-state index contributed by atoms with van der Waals surface area (Å²) in [5, 5.41) is 9.03. The smallest absolute Gasteiger partial charge is 0.317 e. The number of halogens is 2. The Morgan fingerprint density at radius 2 is 2.11 bits per heavy atom. The van der Waals surface area contributed by atoms with Gasteiger partial charge in [0.25, 0.3) is 0 Å². The van der Waals surface area contributed by atoms with E-state index < -0.39 is 5.97 Å². The Morgan fingerprint density at radius 1 is 1.44 bits per heavy atom. The molecule has 0 amide bonds. The zero-order chi connectivity index (χ0) is 13.1. The van der Waals surface area contributed by atoms with Gasteiger partial charge in [0.05, 0.1) is 10.3 Å². The molecule has 0 unspecified atom stereocenters. The third kappa shape index (κ3) is 3.79. The highest BCUT2D eigenvalue weighted by molar-refractivity contribution is 9.13. The van der Waals surface area contributed by atoms with Crippen molar-refractivity contribution in [3.05, 3.63) is 19.2 Å². The zero-order valence-electron chi connectivity index (χ0n) is 9.86. The van der Waals surface area contributed by atoms with Crippen molar-refractivity contribution in [2.45, 2.75) is 38.3 Å². The van der Waals surface area contributed by atoms with Crippen molar-refractivity contribution in [3.63, 3.8) is 0 Å². The second-order valence-corrected chi connectivity index (χ2v) is 7.88. The molecule has 2 rings (SSSR count). The zero-order valence-corrected chi connectivity index (χ0v) is 13.9. The summed E-state index contributed by atoms with van der Waals surface area (Å²) in [5.41, 5.74) is 0. The van der Waals surface area contributed by atoms with Gasteiger partial charge in [-0.25, -0.2) is 0 Å². The Balaban J connectivity index is 2.06. The van der Waals surface area contributed by atoms with E-state index >= 15 is 0 Å². The Hall–Kier alpha value is 0.0900. The summed E-state index contributed by atoms with van der Waals surface area (Å²) in [7, 11) is 0. The number of aliphatic carboxylic acids is 1. The molecule has 1 aliphatic rings. The van der Waals surface area contributed by atoms with E-state index in [0.717, 1.165) is 27.6 Å². The lowest BCUT2D eigenvalue weighted by molar-refractivity contribution is -0.139. The Labute approximate surface area is 127 Å². The molecule has 1 fully saturated rings. The predicted octanol–water partition coefficient (Wildman–Crippen LogP) is 4.10. The van der Waals surface area contributed by atoms with Gasteiger partial charge in [-0.3, -0.25) is 9.69 Å². The van der Waals surface area contributed by atoms with Crippen LogP contribution in [-0.2, 0) is 11.3 Å². The maximum Gasteiger partial charge on any atom is 0.317 e. The van der Waals surface area contributed by atoms with E-state index in [9.17, 15) is 4.79 Å². The maximum atomic E-state index is 11.0. The van der Waals surface area contributed by atoms with E-state index in [1.807, 2.05) is 0 Å². The van der Waals surface area contributed by atoms with Crippen LogP contribution in [0.5, 0.6) is 0 Å². The summed E-state index contributed by atoms with van der Waals surface area (Å²) in [6.45, 7) is 0.865. The first-order valence-corrected chi connectivity index (χ1v) is 8.36. The van der Waals surface area contributed by atoms with Gasteiger partial charge in [0.1, 0.15) is 0 Å². The molecule has 0 bridgehead atoms. The molecule has 1 saturated carbocycles. The van der Waals surface area contributed by atoms with Gasteiger partial charge in [0.2, 0.25) is 0 Å². The highest BCUT2D eigenvalue weighted by Gasteiger charge is 2.25. The number of nitrogens with zero attached hydrogens (tertiary/aromatic N) is 1. The molecule has 0 atom stereocenters. The van der Waals surface area contributed by atoms with Gasteiger partial charge in [-0.1, -0.05) is 12.8 Å². The molecule has 0 aliphatic heterocycles. The van der Waals surface area contributed by atoms with Gasteiger partial charge in [0.15, 0.2) is 0 Å². The van der Waals surface area contributed by atoms with Gasteiger partial charge in [-0.15, -0.1) is 11.3 Å². The van der Waals surface area contributed by atoms with Crippen LogP contribution >= 0.6 is 43.2 Å². The van der Waals surface area contributed by atoms with Crippen LogP contribution in [0.15, 0.2) is 14.3 Å². The fourth-order valence-electron chi connectivity index (χ4n) is 2.43. The Kier molecular flexibility index (Phi) is 5.24. The van der Waals surface area contributed by atoms with Crippen molar-refractivity contribution >= 4 is 49.2 Å². The number of thiophene rings is 1. The molecule has 1 aromatic rings. The van der Waals surface area contributed by atoms with E-state index in [4.69, 9.17) is 5.11 Å². The molecule has 6 heteroatoms. The molecule has 0 aromatic carbocycles. The SMILES string of the molecule is O=C(O)CN(Cc1cc(Br)c(Br)s1)C1CCCC1. The number of hydrogen-bond donors (Lipinski definition) is 1. The van der Waals surface area contributed by atoms with Gasteiger partial charge in [-0.05, 0) is 50.8 Å². The van der Waals surface area contributed by atoms with Crippen molar-refractivity contribution in [1.82, 2.24) is 4.90 Å². The first-order chi connectivity index (χ1) is 8.56. The average Bonchev–Trinajstić information content (AvgIpc) is 2.88. The quantitative estimate of drug-likeness (QED) is 0.814. The van der Waals surface area contributed by atoms with Crippen molar-refractivity contribution < 1.29 is 9.90 Å². The monoisotopic (exact) mass is 395 g/mol. The lowest BCUT2D eigenvalue weighted by atomic mass is 10.2. The van der Waals surface area contributed by atoms with Crippen LogP contribution in [0, 0.1) is 0 Å². The summed E-state index contributed by atoms with van der Waals surface area (Å²) >= 11 is 8.61. The summed E-state index contributed by atoms with van der Waals surface area (Å²) in [5.74, 6) is -0.739. The lowest BCUT2D eigenvalue weighted by Crippen LogP contribution is -2.36. The standard InChI is InChI=1S/C12H15Br2NO2S/c13-10-5-9(18-12(10)14)6-15(7-11(16)17)8-3-1-2-4-8/h5,8H,1-4,6-7H2,(H,16,17). The minimum Gasteiger partial charge on any atom is -0.480 e. The number of rotatable bonds is 5. The molecule has 1 heterocycles. The van der Waals surface area contributed by atoms with Crippen molar-refractivity contribution in [1.29, 1.82) is 0 Å².